The van der Waals surface area contributed by atoms with Gasteiger partial charge in [0.1, 0.15) is 5.69 Å². The number of rotatable bonds is 6. The van der Waals surface area contributed by atoms with Crippen LogP contribution in [-0.4, -0.2) is 36.6 Å². The van der Waals surface area contributed by atoms with E-state index in [2.05, 4.69) is 10.5 Å². The molecule has 5 nitrogen and oxygen atoms in total. The van der Waals surface area contributed by atoms with Crippen molar-refractivity contribution in [2.75, 3.05) is 20.6 Å². The van der Waals surface area contributed by atoms with Gasteiger partial charge in [-0.25, -0.2) is 0 Å². The fourth-order valence-electron chi connectivity index (χ4n) is 2.81. The normalized spacial score (nSPS) is 12.5. The molecule has 3 rings (SSSR count). The molecule has 0 saturated carbocycles. The molecule has 2 aromatic carbocycles. The van der Waals surface area contributed by atoms with E-state index in [4.69, 9.17) is 16.1 Å². The van der Waals surface area contributed by atoms with E-state index in [1.165, 1.54) is 0 Å². The smallest absolute Gasteiger partial charge is 0.226 e. The minimum atomic E-state index is -0.0991. The first-order chi connectivity index (χ1) is 12.1. The maximum Gasteiger partial charge on any atom is 0.226 e. The van der Waals surface area contributed by atoms with Crippen LogP contribution in [0, 0.1) is 0 Å². The molecule has 25 heavy (non-hydrogen) atoms. The summed E-state index contributed by atoms with van der Waals surface area (Å²) in [4.78, 5) is 14.4. The predicted molar refractivity (Wildman–Crippen MR) is 98.6 cm³/mol. The SMILES string of the molecule is CN(C)[C@@H](CNC(=O)Cc1noc2ccccc12)c1ccccc1Cl. The highest BCUT2D eigenvalue weighted by molar-refractivity contribution is 6.31. The second-order valence-electron chi connectivity index (χ2n) is 6.11. The van der Waals surface area contributed by atoms with Gasteiger partial charge in [-0.3, -0.25) is 4.79 Å². The number of hydrogen-bond donors (Lipinski definition) is 1. The summed E-state index contributed by atoms with van der Waals surface area (Å²) in [5.41, 5.74) is 2.32. The van der Waals surface area contributed by atoms with E-state index in [0.717, 1.165) is 10.9 Å². The number of carbonyl (C=O) groups excluding carboxylic acids is 1. The summed E-state index contributed by atoms with van der Waals surface area (Å²) in [5, 5.41) is 8.54. The standard InChI is InChI=1S/C19H20ClN3O2/c1-23(2)17(13-7-3-5-9-15(13)20)12-21-19(24)11-16-14-8-4-6-10-18(14)25-22-16/h3-10,17H,11-12H2,1-2H3,(H,21,24)/t17-/m0/s1. The molecule has 1 aromatic heterocycles. The van der Waals surface area contributed by atoms with Gasteiger partial charge in [0.2, 0.25) is 5.91 Å². The molecule has 0 saturated heterocycles. The molecule has 0 fully saturated rings. The Bertz CT molecular complexity index is 876. The summed E-state index contributed by atoms with van der Waals surface area (Å²) in [5.74, 6) is -0.0991. The van der Waals surface area contributed by atoms with Crippen molar-refractivity contribution in [2.24, 2.45) is 0 Å². The molecule has 1 atom stereocenters. The molecule has 0 aliphatic rings. The van der Waals surface area contributed by atoms with Crippen LogP contribution < -0.4 is 5.32 Å². The molecule has 0 spiro atoms. The summed E-state index contributed by atoms with van der Waals surface area (Å²) in [6, 6.07) is 15.2. The zero-order valence-electron chi connectivity index (χ0n) is 14.2. The van der Waals surface area contributed by atoms with Crippen LogP contribution in [0.5, 0.6) is 0 Å². The Hall–Kier alpha value is -2.37. The average Bonchev–Trinajstić information content (AvgIpc) is 2.99. The molecule has 1 heterocycles. The number of nitrogens with one attached hydrogen (secondary N) is 1. The lowest BCUT2D eigenvalue weighted by Gasteiger charge is -2.25. The fourth-order valence-corrected chi connectivity index (χ4v) is 3.07. The van der Waals surface area contributed by atoms with Gasteiger partial charge < -0.3 is 14.7 Å². The second-order valence-corrected chi connectivity index (χ2v) is 6.51. The molecule has 6 heteroatoms. The van der Waals surface area contributed by atoms with Gasteiger partial charge >= 0.3 is 0 Å². The maximum atomic E-state index is 12.4. The number of fused-ring (bicyclic) bond motifs is 1. The van der Waals surface area contributed by atoms with Crippen LogP contribution in [0.3, 0.4) is 0 Å². The lowest BCUT2D eigenvalue weighted by Crippen LogP contribution is -2.35. The van der Waals surface area contributed by atoms with E-state index in [0.29, 0.717) is 22.8 Å². The van der Waals surface area contributed by atoms with Crippen molar-refractivity contribution in [1.82, 2.24) is 15.4 Å². The number of halogens is 1. The number of aromatic nitrogens is 1. The van der Waals surface area contributed by atoms with Crippen molar-refractivity contribution < 1.29 is 9.32 Å². The lowest BCUT2D eigenvalue weighted by molar-refractivity contribution is -0.120. The van der Waals surface area contributed by atoms with Gasteiger partial charge in [-0.15, -0.1) is 0 Å². The van der Waals surface area contributed by atoms with Crippen LogP contribution in [-0.2, 0) is 11.2 Å². The minimum absolute atomic E-state index is 0.00768. The molecule has 1 amide bonds. The molecule has 0 radical (unpaired) electrons. The van der Waals surface area contributed by atoms with E-state index >= 15 is 0 Å². The van der Waals surface area contributed by atoms with Crippen LogP contribution in [0.4, 0.5) is 0 Å². The Morgan fingerprint density at radius 3 is 2.68 bits per heavy atom. The summed E-state index contributed by atoms with van der Waals surface area (Å²) in [6.45, 7) is 0.464. The molecule has 0 aliphatic heterocycles. The van der Waals surface area contributed by atoms with E-state index in [1.807, 2.05) is 67.5 Å². The number of amides is 1. The Kier molecular flexibility index (Phi) is 5.36. The molecule has 130 valence electrons. The van der Waals surface area contributed by atoms with Gasteiger partial charge in [0, 0.05) is 17.0 Å². The predicted octanol–water partition coefficient (Wildman–Crippen LogP) is 3.44. The largest absolute Gasteiger partial charge is 0.356 e. The van der Waals surface area contributed by atoms with E-state index in [-0.39, 0.29) is 18.4 Å². The molecule has 0 aliphatic carbocycles. The van der Waals surface area contributed by atoms with E-state index in [9.17, 15) is 4.79 Å². The first kappa shape index (κ1) is 17.5. The number of carbonyl (C=O) groups is 1. The molecule has 3 aromatic rings. The van der Waals surface area contributed by atoms with Crippen molar-refractivity contribution >= 4 is 28.5 Å². The Morgan fingerprint density at radius 2 is 1.92 bits per heavy atom. The van der Waals surface area contributed by atoms with Crippen LogP contribution in [0.1, 0.15) is 17.3 Å². The van der Waals surface area contributed by atoms with Crippen molar-refractivity contribution in [3.05, 3.63) is 64.8 Å². The number of likely N-dealkylation sites (N-methyl/N-ethyl adjacent to an activating group) is 1. The maximum absolute atomic E-state index is 12.4. The Morgan fingerprint density at radius 1 is 1.20 bits per heavy atom. The first-order valence-corrected chi connectivity index (χ1v) is 8.45. The number of hydrogen-bond acceptors (Lipinski definition) is 4. The van der Waals surface area contributed by atoms with Crippen molar-refractivity contribution in [3.8, 4) is 0 Å². The van der Waals surface area contributed by atoms with Crippen molar-refractivity contribution in [2.45, 2.75) is 12.5 Å². The van der Waals surface area contributed by atoms with Gasteiger partial charge in [-0.1, -0.05) is 47.1 Å². The quantitative estimate of drug-likeness (QED) is 0.734. The van der Waals surface area contributed by atoms with E-state index < -0.39 is 0 Å². The van der Waals surface area contributed by atoms with Crippen LogP contribution in [0.25, 0.3) is 11.0 Å². The lowest BCUT2D eigenvalue weighted by atomic mass is 10.1. The summed E-state index contributed by atoms with van der Waals surface area (Å²) >= 11 is 6.30. The van der Waals surface area contributed by atoms with Crippen LogP contribution in [0.15, 0.2) is 53.1 Å². The van der Waals surface area contributed by atoms with E-state index in [1.54, 1.807) is 0 Å². The Labute approximate surface area is 151 Å². The average molecular weight is 358 g/mol. The van der Waals surface area contributed by atoms with Gasteiger partial charge in [-0.05, 0) is 37.9 Å². The molecule has 0 bridgehead atoms. The third kappa shape index (κ3) is 4.00. The molecule has 1 N–H and O–H groups in total. The van der Waals surface area contributed by atoms with Crippen LogP contribution in [0.2, 0.25) is 5.02 Å². The first-order valence-electron chi connectivity index (χ1n) is 8.07. The summed E-state index contributed by atoms with van der Waals surface area (Å²) in [7, 11) is 3.93. The second kappa shape index (κ2) is 7.68. The molecular weight excluding hydrogens is 338 g/mol. The zero-order chi connectivity index (χ0) is 17.8. The highest BCUT2D eigenvalue weighted by Crippen LogP contribution is 2.25. The topological polar surface area (TPSA) is 58.4 Å². The monoisotopic (exact) mass is 357 g/mol. The van der Waals surface area contributed by atoms with Crippen molar-refractivity contribution in [1.29, 1.82) is 0 Å². The summed E-state index contributed by atoms with van der Waals surface area (Å²) < 4.78 is 5.24. The minimum Gasteiger partial charge on any atom is -0.356 e. The van der Waals surface area contributed by atoms with Crippen molar-refractivity contribution in [3.63, 3.8) is 0 Å². The van der Waals surface area contributed by atoms with Gasteiger partial charge in [0.25, 0.3) is 0 Å². The van der Waals surface area contributed by atoms with Gasteiger partial charge in [0.05, 0.1) is 12.5 Å². The third-order valence-electron chi connectivity index (χ3n) is 4.16. The highest BCUT2D eigenvalue weighted by Gasteiger charge is 2.19. The fraction of sp³-hybridized carbons (Fsp3) is 0.263. The third-order valence-corrected chi connectivity index (χ3v) is 4.50. The highest BCUT2D eigenvalue weighted by atomic mass is 35.5. The summed E-state index contributed by atoms with van der Waals surface area (Å²) in [6.07, 6.45) is 0.180. The number of para-hydroxylation sites is 1. The number of benzene rings is 2. The Balaban J connectivity index is 1.67. The molecular formula is C19H20ClN3O2. The number of nitrogens with zero attached hydrogens (tertiary/aromatic N) is 2. The van der Waals surface area contributed by atoms with Crippen LogP contribution >= 0.6 is 11.6 Å². The van der Waals surface area contributed by atoms with Gasteiger partial charge in [0.15, 0.2) is 5.58 Å². The van der Waals surface area contributed by atoms with Gasteiger partial charge in [-0.2, -0.15) is 0 Å². The molecule has 0 unspecified atom stereocenters. The zero-order valence-corrected chi connectivity index (χ0v) is 15.0.